The summed E-state index contributed by atoms with van der Waals surface area (Å²) in [6.45, 7) is 4.96. The minimum Gasteiger partial charge on any atom is -0.493 e. The third-order valence-corrected chi connectivity index (χ3v) is 11.7. The van der Waals surface area contributed by atoms with Gasteiger partial charge in [-0.05, 0) is 88.3 Å². The molecule has 0 radical (unpaired) electrons. The Morgan fingerprint density at radius 2 is 1.69 bits per heavy atom. The molecule has 12 nitrogen and oxygen atoms in total. The number of ether oxygens (including phenoxy) is 2. The summed E-state index contributed by atoms with van der Waals surface area (Å²) < 4.78 is 12.3. The first-order valence-electron chi connectivity index (χ1n) is 18.4. The number of halogens is 1. The molecule has 1 aromatic heterocycles. The van der Waals surface area contributed by atoms with Crippen LogP contribution in [0.25, 0.3) is 10.2 Å². The van der Waals surface area contributed by atoms with Crippen LogP contribution in [0.4, 0.5) is 0 Å². The zero-order valence-corrected chi connectivity index (χ0v) is 31.4. The number of amides is 4. The molecule has 0 bridgehead atoms. The van der Waals surface area contributed by atoms with E-state index in [1.54, 1.807) is 13.0 Å². The minimum atomic E-state index is -0.967. The highest BCUT2D eigenvalue weighted by Crippen LogP contribution is 2.32. The Morgan fingerprint density at radius 1 is 0.923 bits per heavy atom. The van der Waals surface area contributed by atoms with Crippen molar-refractivity contribution < 1.29 is 28.7 Å². The SMILES string of the molecule is CCC(=O)N[C@@H](Cc1nc2ccc(Cl)cc2s1)C(=O)N[C@H](C(=O)N[C@@H](CC1CCN(C)CC1)C(=O)N[C@@H]1CCOc2ccccc21)C1CCOCC1. The number of fused-ring (bicyclic) bond motifs is 2. The summed E-state index contributed by atoms with van der Waals surface area (Å²) in [4.78, 5) is 62.2. The van der Waals surface area contributed by atoms with E-state index in [1.807, 2.05) is 36.4 Å². The summed E-state index contributed by atoms with van der Waals surface area (Å²) in [6.07, 6.45) is 4.41. The second-order valence-corrected chi connectivity index (χ2v) is 15.7. The normalized spacial score (nSPS) is 20.2. The van der Waals surface area contributed by atoms with Gasteiger partial charge in [-0.3, -0.25) is 19.2 Å². The van der Waals surface area contributed by atoms with Gasteiger partial charge in [0.2, 0.25) is 23.6 Å². The van der Waals surface area contributed by atoms with Crippen LogP contribution in [-0.4, -0.2) is 91.6 Å². The lowest BCUT2D eigenvalue weighted by Crippen LogP contribution is -2.60. The first-order chi connectivity index (χ1) is 25.2. The maximum absolute atomic E-state index is 14.4. The fraction of sp³-hybridized carbons (Fsp3) is 0.553. The summed E-state index contributed by atoms with van der Waals surface area (Å²) >= 11 is 7.60. The molecule has 4 heterocycles. The smallest absolute Gasteiger partial charge is 0.243 e. The van der Waals surface area contributed by atoms with E-state index in [-0.39, 0.29) is 42.5 Å². The highest BCUT2D eigenvalue weighted by Gasteiger charge is 2.37. The first kappa shape index (κ1) is 38.0. The maximum atomic E-state index is 14.4. The van der Waals surface area contributed by atoms with Crippen LogP contribution in [-0.2, 0) is 30.3 Å². The third-order valence-electron chi connectivity index (χ3n) is 10.4. The van der Waals surface area contributed by atoms with E-state index in [4.69, 9.17) is 21.1 Å². The van der Waals surface area contributed by atoms with E-state index in [0.29, 0.717) is 55.5 Å². The molecule has 4 atom stereocenters. The van der Waals surface area contributed by atoms with Crippen molar-refractivity contribution in [2.45, 2.75) is 82.5 Å². The van der Waals surface area contributed by atoms with E-state index in [0.717, 1.165) is 47.5 Å². The van der Waals surface area contributed by atoms with Crippen LogP contribution in [0.5, 0.6) is 5.75 Å². The Balaban J connectivity index is 1.22. The quantitative estimate of drug-likeness (QED) is 0.204. The molecule has 3 aliphatic heterocycles. The van der Waals surface area contributed by atoms with Gasteiger partial charge in [0.1, 0.15) is 23.9 Å². The monoisotopic (exact) mass is 752 g/mol. The number of hydrogen-bond donors (Lipinski definition) is 4. The zero-order valence-electron chi connectivity index (χ0n) is 29.8. The van der Waals surface area contributed by atoms with Crippen LogP contribution in [0.3, 0.4) is 0 Å². The molecule has 3 aromatic rings. The first-order valence-corrected chi connectivity index (χ1v) is 19.6. The van der Waals surface area contributed by atoms with Crippen molar-refractivity contribution in [3.8, 4) is 5.75 Å². The Labute approximate surface area is 313 Å². The number of hydrogen-bond acceptors (Lipinski definition) is 9. The van der Waals surface area contributed by atoms with E-state index in [9.17, 15) is 19.2 Å². The van der Waals surface area contributed by atoms with Crippen LogP contribution < -0.4 is 26.0 Å². The van der Waals surface area contributed by atoms with Gasteiger partial charge in [0.15, 0.2) is 0 Å². The van der Waals surface area contributed by atoms with Crippen molar-refractivity contribution in [2.75, 3.05) is 40.0 Å². The molecular weight excluding hydrogens is 704 g/mol. The Bertz CT molecular complexity index is 1720. The minimum absolute atomic E-state index is 0.143. The number of likely N-dealkylation sites (tertiary alicyclic amines) is 1. The number of rotatable bonds is 13. The van der Waals surface area contributed by atoms with Gasteiger partial charge in [0.05, 0.1) is 27.9 Å². The molecule has 52 heavy (non-hydrogen) atoms. The standard InChI is InChI=1S/C38H49ClN6O6S/c1-3-33(46)40-30(22-34-41-28-9-8-25(39)21-32(28)52-34)37(48)44-35(24-12-17-50-18-13-24)38(49)43-29(20-23-10-15-45(2)16-11-23)36(47)42-27-14-19-51-31-7-5-4-6-26(27)31/h4-9,21,23-24,27,29-30,35H,3,10-20,22H2,1-2H3,(H,40,46)(H,42,47)(H,43,49)(H,44,48)/t27-,29+,30+,35+/m1/s1. The number of para-hydroxylation sites is 1. The number of thiazole rings is 1. The second kappa shape index (κ2) is 17.8. The predicted molar refractivity (Wildman–Crippen MR) is 200 cm³/mol. The second-order valence-electron chi connectivity index (χ2n) is 14.1. The van der Waals surface area contributed by atoms with E-state index in [2.05, 4.69) is 38.2 Å². The number of benzene rings is 2. The Kier molecular flexibility index (Phi) is 13.0. The molecular formula is C38H49ClN6O6S. The van der Waals surface area contributed by atoms with Crippen LogP contribution in [0.1, 0.15) is 68.5 Å². The number of nitrogens with zero attached hydrogens (tertiary/aromatic N) is 2. The number of piperidine rings is 1. The summed E-state index contributed by atoms with van der Waals surface area (Å²) in [5.41, 5.74) is 1.67. The molecule has 280 valence electrons. The molecule has 3 aliphatic rings. The van der Waals surface area contributed by atoms with Gasteiger partial charge in [-0.15, -0.1) is 11.3 Å². The highest BCUT2D eigenvalue weighted by molar-refractivity contribution is 7.18. The van der Waals surface area contributed by atoms with E-state index in [1.165, 1.54) is 11.3 Å². The topological polar surface area (TPSA) is 151 Å². The van der Waals surface area contributed by atoms with Gasteiger partial charge in [0.25, 0.3) is 0 Å². The Morgan fingerprint density at radius 3 is 2.46 bits per heavy atom. The average molecular weight is 753 g/mol. The molecule has 2 fully saturated rings. The van der Waals surface area contributed by atoms with Crippen LogP contribution in [0.2, 0.25) is 5.02 Å². The van der Waals surface area contributed by atoms with Gasteiger partial charge >= 0.3 is 0 Å². The van der Waals surface area contributed by atoms with Crippen molar-refractivity contribution >= 4 is 56.8 Å². The maximum Gasteiger partial charge on any atom is 0.243 e. The van der Waals surface area contributed by atoms with Crippen LogP contribution in [0, 0.1) is 11.8 Å². The molecule has 2 aromatic carbocycles. The third kappa shape index (κ3) is 9.80. The largest absolute Gasteiger partial charge is 0.493 e. The van der Waals surface area contributed by atoms with Crippen molar-refractivity contribution in [3.05, 3.63) is 58.1 Å². The summed E-state index contributed by atoms with van der Waals surface area (Å²) in [6, 6.07) is 10.1. The van der Waals surface area contributed by atoms with E-state index < -0.39 is 29.9 Å². The highest BCUT2D eigenvalue weighted by atomic mass is 35.5. The van der Waals surface area contributed by atoms with Crippen molar-refractivity contribution in [3.63, 3.8) is 0 Å². The van der Waals surface area contributed by atoms with E-state index >= 15 is 0 Å². The zero-order chi connectivity index (χ0) is 36.6. The van der Waals surface area contributed by atoms with Gasteiger partial charge in [-0.2, -0.15) is 0 Å². The summed E-state index contributed by atoms with van der Waals surface area (Å²) in [5, 5.41) is 13.4. The molecule has 4 N–H and O–H groups in total. The summed E-state index contributed by atoms with van der Waals surface area (Å²) in [5.74, 6) is -0.675. The number of carbonyl (C=O) groups excluding carboxylic acids is 4. The molecule has 14 heteroatoms. The van der Waals surface area contributed by atoms with Crippen molar-refractivity contribution in [1.29, 1.82) is 0 Å². The van der Waals surface area contributed by atoms with Crippen LogP contribution >= 0.6 is 22.9 Å². The molecule has 2 saturated heterocycles. The number of nitrogens with one attached hydrogen (secondary N) is 4. The molecule has 6 rings (SSSR count). The lowest BCUT2D eigenvalue weighted by molar-refractivity contribution is -0.136. The van der Waals surface area contributed by atoms with Crippen LogP contribution in [0.15, 0.2) is 42.5 Å². The lowest BCUT2D eigenvalue weighted by Gasteiger charge is -2.35. The van der Waals surface area contributed by atoms with Crippen molar-refractivity contribution in [2.24, 2.45) is 11.8 Å². The van der Waals surface area contributed by atoms with Gasteiger partial charge in [-0.25, -0.2) is 4.98 Å². The Hall–Kier alpha value is -3.78. The molecule has 0 unspecified atom stereocenters. The predicted octanol–water partition coefficient (Wildman–Crippen LogP) is 4.16. The van der Waals surface area contributed by atoms with Gasteiger partial charge < -0.3 is 35.6 Å². The average Bonchev–Trinajstić information content (AvgIpc) is 3.55. The lowest BCUT2D eigenvalue weighted by atomic mass is 9.88. The van der Waals surface area contributed by atoms with Gasteiger partial charge in [0, 0.05) is 43.1 Å². The molecule has 4 amide bonds. The fourth-order valence-electron chi connectivity index (χ4n) is 7.30. The summed E-state index contributed by atoms with van der Waals surface area (Å²) in [7, 11) is 2.09. The van der Waals surface area contributed by atoms with Crippen molar-refractivity contribution in [1.82, 2.24) is 31.2 Å². The fourth-order valence-corrected chi connectivity index (χ4v) is 8.59. The molecule has 0 spiro atoms. The number of carbonyl (C=O) groups is 4. The molecule has 0 aliphatic carbocycles. The van der Waals surface area contributed by atoms with Gasteiger partial charge in [-0.1, -0.05) is 36.7 Å². The molecule has 0 saturated carbocycles. The number of aromatic nitrogens is 1.